The Morgan fingerprint density at radius 1 is 1.46 bits per heavy atom. The molecule has 0 aromatic carbocycles. The van der Waals surface area contributed by atoms with Crippen LogP contribution in [0.15, 0.2) is 12.3 Å². The van der Waals surface area contributed by atoms with Gasteiger partial charge in [-0.05, 0) is 6.07 Å². The number of nitrogens with two attached hydrogens (primary N) is 1. The number of aromatic nitrogens is 1. The third-order valence-electron chi connectivity index (χ3n) is 1.35. The SMILES string of the molecule is Nc1c(Cl)cc(C(F)(F)F)c[n+]1[O-]. The first-order chi connectivity index (χ1) is 5.82. The largest absolute Gasteiger partial charge is 0.711 e. The lowest BCUT2D eigenvalue weighted by Gasteiger charge is -2.10. The molecule has 0 amide bonds. The number of pyridine rings is 1. The molecular formula is C6H4ClF3N2O. The van der Waals surface area contributed by atoms with Crippen LogP contribution in [-0.2, 0) is 6.18 Å². The topological polar surface area (TPSA) is 53.0 Å². The fraction of sp³-hybridized carbons (Fsp3) is 0.167. The maximum absolute atomic E-state index is 12.0. The second-order valence-electron chi connectivity index (χ2n) is 2.29. The van der Waals surface area contributed by atoms with E-state index >= 15 is 0 Å². The van der Waals surface area contributed by atoms with Gasteiger partial charge in [-0.25, -0.2) is 4.73 Å². The molecular weight excluding hydrogens is 209 g/mol. The van der Waals surface area contributed by atoms with E-state index in [1.54, 1.807) is 0 Å². The Morgan fingerprint density at radius 3 is 2.38 bits per heavy atom. The fourth-order valence-electron chi connectivity index (χ4n) is 0.704. The summed E-state index contributed by atoms with van der Waals surface area (Å²) in [7, 11) is 0. The average Bonchev–Trinajstić information content (AvgIpc) is 1.97. The second-order valence-corrected chi connectivity index (χ2v) is 2.69. The molecule has 13 heavy (non-hydrogen) atoms. The number of hydrogen-bond acceptors (Lipinski definition) is 2. The molecule has 72 valence electrons. The average molecular weight is 213 g/mol. The van der Waals surface area contributed by atoms with Crippen LogP contribution < -0.4 is 10.5 Å². The monoisotopic (exact) mass is 212 g/mol. The molecule has 3 nitrogen and oxygen atoms in total. The van der Waals surface area contributed by atoms with E-state index in [-0.39, 0.29) is 4.73 Å². The number of rotatable bonds is 0. The quantitative estimate of drug-likeness (QED) is 0.524. The molecule has 0 fully saturated rings. The minimum absolute atomic E-state index is 0.120. The lowest BCUT2D eigenvalue weighted by atomic mass is 10.3. The Morgan fingerprint density at radius 2 is 2.00 bits per heavy atom. The summed E-state index contributed by atoms with van der Waals surface area (Å²) in [6, 6.07) is 0.602. The van der Waals surface area contributed by atoms with E-state index in [0.717, 1.165) is 0 Å². The maximum atomic E-state index is 12.0. The second kappa shape index (κ2) is 2.95. The van der Waals surface area contributed by atoms with Crippen LogP contribution in [0.2, 0.25) is 5.02 Å². The Bertz CT molecular complexity index is 316. The van der Waals surface area contributed by atoms with Gasteiger partial charge in [-0.2, -0.15) is 13.2 Å². The van der Waals surface area contributed by atoms with Crippen LogP contribution in [0.5, 0.6) is 0 Å². The van der Waals surface area contributed by atoms with E-state index in [2.05, 4.69) is 0 Å². The van der Waals surface area contributed by atoms with E-state index in [4.69, 9.17) is 17.3 Å². The van der Waals surface area contributed by atoms with Crippen molar-refractivity contribution in [1.82, 2.24) is 0 Å². The van der Waals surface area contributed by atoms with Crippen molar-refractivity contribution in [1.29, 1.82) is 0 Å². The Hall–Kier alpha value is -1.17. The predicted molar refractivity (Wildman–Crippen MR) is 39.8 cm³/mol. The molecule has 0 atom stereocenters. The fourth-order valence-corrected chi connectivity index (χ4v) is 0.905. The summed E-state index contributed by atoms with van der Waals surface area (Å²) in [5, 5.41) is 10.3. The number of halogens is 4. The van der Waals surface area contributed by atoms with Crippen LogP contribution in [0.25, 0.3) is 0 Å². The molecule has 1 aromatic heterocycles. The van der Waals surface area contributed by atoms with Gasteiger partial charge in [0.15, 0.2) is 0 Å². The van der Waals surface area contributed by atoms with Crippen molar-refractivity contribution < 1.29 is 17.9 Å². The van der Waals surface area contributed by atoms with E-state index in [9.17, 15) is 18.4 Å². The number of hydrogen-bond donors (Lipinski definition) is 1. The number of anilines is 1. The summed E-state index contributed by atoms with van der Waals surface area (Å²) < 4.78 is 36.0. The Kier molecular flexibility index (Phi) is 2.25. The molecule has 1 rings (SSSR count). The van der Waals surface area contributed by atoms with Crippen LogP contribution in [0, 0.1) is 5.21 Å². The molecule has 0 saturated carbocycles. The molecule has 1 aromatic rings. The molecule has 0 aliphatic carbocycles. The molecule has 2 N–H and O–H groups in total. The molecule has 0 unspecified atom stereocenters. The molecule has 1 heterocycles. The van der Waals surface area contributed by atoms with Crippen LogP contribution in [-0.4, -0.2) is 0 Å². The minimum Gasteiger partial charge on any atom is -0.711 e. The summed E-state index contributed by atoms with van der Waals surface area (Å²) in [5.41, 5.74) is 3.92. The standard InChI is InChI=1S/C6H4ClF3N2O/c7-4-1-3(6(8,9)10)2-12(13)5(4)11/h1-2H,11H2. The first kappa shape index (κ1) is 9.91. The van der Waals surface area contributed by atoms with E-state index < -0.39 is 22.6 Å². The summed E-state index contributed by atoms with van der Waals surface area (Å²) in [5.74, 6) is -0.449. The zero-order valence-electron chi connectivity index (χ0n) is 6.10. The van der Waals surface area contributed by atoms with Gasteiger partial charge in [0.05, 0.1) is 5.56 Å². The number of alkyl halides is 3. The predicted octanol–water partition coefficient (Wildman–Crippen LogP) is 1.57. The van der Waals surface area contributed by atoms with Gasteiger partial charge in [0.1, 0.15) is 11.2 Å². The van der Waals surface area contributed by atoms with Crippen molar-refractivity contribution in [2.45, 2.75) is 6.18 Å². The third kappa shape index (κ3) is 1.95. The molecule has 0 bridgehead atoms. The minimum atomic E-state index is -4.59. The first-order valence-electron chi connectivity index (χ1n) is 3.08. The van der Waals surface area contributed by atoms with Crippen molar-refractivity contribution in [2.75, 3.05) is 5.73 Å². The summed E-state index contributed by atoms with van der Waals surface area (Å²) >= 11 is 5.28. The molecule has 7 heteroatoms. The molecule has 0 aliphatic heterocycles. The zero-order valence-corrected chi connectivity index (χ0v) is 6.86. The highest BCUT2D eigenvalue weighted by molar-refractivity contribution is 6.32. The van der Waals surface area contributed by atoms with E-state index in [1.165, 1.54) is 0 Å². The van der Waals surface area contributed by atoms with Crippen molar-refractivity contribution in [3.63, 3.8) is 0 Å². The Balaban J connectivity index is 3.29. The van der Waals surface area contributed by atoms with Gasteiger partial charge < -0.3 is 5.21 Å². The van der Waals surface area contributed by atoms with E-state index in [1.807, 2.05) is 0 Å². The normalized spacial score (nSPS) is 11.7. The molecule has 0 saturated heterocycles. The van der Waals surface area contributed by atoms with Gasteiger partial charge in [-0.3, -0.25) is 5.73 Å². The lowest BCUT2D eigenvalue weighted by molar-refractivity contribution is -0.591. The van der Waals surface area contributed by atoms with E-state index in [0.29, 0.717) is 12.3 Å². The summed E-state index contributed by atoms with van der Waals surface area (Å²) in [6.07, 6.45) is -4.26. The highest BCUT2D eigenvalue weighted by Gasteiger charge is 2.33. The van der Waals surface area contributed by atoms with Crippen molar-refractivity contribution in [2.24, 2.45) is 0 Å². The van der Waals surface area contributed by atoms with Gasteiger partial charge in [0.2, 0.25) is 0 Å². The smallest absolute Gasteiger partial charge is 0.419 e. The number of nitrogens with zero attached hydrogens (tertiary/aromatic N) is 1. The van der Waals surface area contributed by atoms with Crippen molar-refractivity contribution in [3.05, 3.63) is 28.1 Å². The summed E-state index contributed by atoms with van der Waals surface area (Å²) in [4.78, 5) is 0. The lowest BCUT2D eigenvalue weighted by Crippen LogP contribution is -2.32. The van der Waals surface area contributed by atoms with Gasteiger partial charge in [-0.15, -0.1) is 0 Å². The summed E-state index contributed by atoms with van der Waals surface area (Å²) in [6.45, 7) is 0. The zero-order chi connectivity index (χ0) is 10.2. The highest BCUT2D eigenvalue weighted by atomic mass is 35.5. The molecule has 0 aliphatic rings. The van der Waals surface area contributed by atoms with Gasteiger partial charge >= 0.3 is 6.18 Å². The van der Waals surface area contributed by atoms with Crippen molar-refractivity contribution in [3.8, 4) is 0 Å². The van der Waals surface area contributed by atoms with Crippen LogP contribution in [0.1, 0.15) is 5.56 Å². The van der Waals surface area contributed by atoms with Gasteiger partial charge in [0, 0.05) is 0 Å². The Labute approximate surface area is 76.1 Å². The molecule has 0 radical (unpaired) electrons. The van der Waals surface area contributed by atoms with Crippen LogP contribution >= 0.6 is 11.6 Å². The highest BCUT2D eigenvalue weighted by Crippen LogP contribution is 2.30. The van der Waals surface area contributed by atoms with Gasteiger partial charge in [0.25, 0.3) is 5.82 Å². The first-order valence-corrected chi connectivity index (χ1v) is 3.45. The molecule has 0 spiro atoms. The van der Waals surface area contributed by atoms with Crippen LogP contribution in [0.4, 0.5) is 19.0 Å². The number of nitrogen functional groups attached to an aromatic ring is 1. The van der Waals surface area contributed by atoms with Gasteiger partial charge in [-0.1, -0.05) is 11.6 Å². The third-order valence-corrected chi connectivity index (χ3v) is 1.65. The maximum Gasteiger partial charge on any atom is 0.419 e. The van der Waals surface area contributed by atoms with Crippen molar-refractivity contribution >= 4 is 17.4 Å². The van der Waals surface area contributed by atoms with Crippen LogP contribution in [0.3, 0.4) is 0 Å².